The van der Waals surface area contributed by atoms with Gasteiger partial charge in [0.25, 0.3) is 0 Å². The highest BCUT2D eigenvalue weighted by Crippen LogP contribution is 2.49. The molecule has 0 aromatic carbocycles. The molecular formula is C21H32F3N3O2. The molecule has 0 aromatic rings. The number of alkyl halides is 3. The zero-order valence-corrected chi connectivity index (χ0v) is 17.0. The molecule has 2 amide bonds. The molecule has 5 nitrogen and oxygen atoms in total. The number of carbonyl (C=O) groups excluding carboxylic acids is 2. The third-order valence-electron chi connectivity index (χ3n) is 7.53. The van der Waals surface area contributed by atoms with Gasteiger partial charge in [-0.05, 0) is 56.8 Å². The van der Waals surface area contributed by atoms with Crippen LogP contribution in [0.5, 0.6) is 0 Å². The van der Waals surface area contributed by atoms with Crippen LogP contribution in [0.2, 0.25) is 0 Å². The number of halogens is 3. The van der Waals surface area contributed by atoms with Gasteiger partial charge < -0.3 is 10.6 Å². The SMILES string of the molecule is O=C(CN1CC2(CCC(C(=O)NC3CCCCC3)CC2)C1)NC1(C(F)(F)F)CC1. The van der Waals surface area contributed by atoms with Crippen LogP contribution in [0.15, 0.2) is 0 Å². The molecule has 0 aromatic heterocycles. The minimum atomic E-state index is -4.37. The molecule has 3 saturated carbocycles. The summed E-state index contributed by atoms with van der Waals surface area (Å²) in [6.45, 7) is 1.53. The van der Waals surface area contributed by atoms with E-state index in [0.29, 0.717) is 6.04 Å². The minimum absolute atomic E-state index is 0.0174. The summed E-state index contributed by atoms with van der Waals surface area (Å²) in [4.78, 5) is 26.5. The van der Waals surface area contributed by atoms with Crippen molar-refractivity contribution in [1.29, 1.82) is 0 Å². The van der Waals surface area contributed by atoms with E-state index in [1.165, 1.54) is 19.3 Å². The number of rotatable bonds is 5. The fraction of sp³-hybridized carbons (Fsp3) is 0.905. The Morgan fingerprint density at radius 3 is 2.10 bits per heavy atom. The fourth-order valence-corrected chi connectivity index (χ4v) is 5.50. The lowest BCUT2D eigenvalue weighted by Gasteiger charge is -2.53. The third kappa shape index (κ3) is 4.57. The first kappa shape index (κ1) is 20.9. The minimum Gasteiger partial charge on any atom is -0.353 e. The summed E-state index contributed by atoms with van der Waals surface area (Å²) >= 11 is 0. The van der Waals surface area contributed by atoms with Crippen molar-refractivity contribution in [3.63, 3.8) is 0 Å². The van der Waals surface area contributed by atoms with Gasteiger partial charge in [0.1, 0.15) is 5.54 Å². The Hall–Kier alpha value is -1.31. The van der Waals surface area contributed by atoms with Gasteiger partial charge in [0, 0.05) is 25.0 Å². The van der Waals surface area contributed by atoms with Crippen molar-refractivity contribution < 1.29 is 22.8 Å². The molecule has 1 saturated heterocycles. The summed E-state index contributed by atoms with van der Waals surface area (Å²) in [7, 11) is 0. The molecule has 164 valence electrons. The maximum absolute atomic E-state index is 13.0. The molecule has 0 bridgehead atoms. The van der Waals surface area contributed by atoms with E-state index < -0.39 is 17.6 Å². The summed E-state index contributed by atoms with van der Waals surface area (Å²) in [5.41, 5.74) is -1.83. The Balaban J connectivity index is 1.17. The molecule has 0 unspecified atom stereocenters. The van der Waals surface area contributed by atoms with Crippen LogP contribution in [0.25, 0.3) is 0 Å². The predicted octanol–water partition coefficient (Wildman–Crippen LogP) is 3.14. The standard InChI is InChI=1S/C21H32F3N3O2/c22-21(23,24)20(10-11-20)26-17(28)12-27-13-19(14-27)8-6-15(7-9-19)18(29)25-16-4-2-1-3-5-16/h15-16H,1-14H2,(H,25,29)(H,26,28). The van der Waals surface area contributed by atoms with E-state index in [4.69, 9.17) is 0 Å². The number of amides is 2. The second-order valence-electron chi connectivity index (χ2n) is 9.89. The maximum Gasteiger partial charge on any atom is 0.411 e. The molecule has 4 fully saturated rings. The molecule has 29 heavy (non-hydrogen) atoms. The van der Waals surface area contributed by atoms with Crippen LogP contribution in [0.3, 0.4) is 0 Å². The van der Waals surface area contributed by atoms with Gasteiger partial charge >= 0.3 is 6.18 Å². The normalized spacial score (nSPS) is 27.3. The van der Waals surface area contributed by atoms with Crippen LogP contribution in [-0.2, 0) is 9.59 Å². The van der Waals surface area contributed by atoms with Gasteiger partial charge in [-0.15, -0.1) is 0 Å². The van der Waals surface area contributed by atoms with Crippen LogP contribution in [0.1, 0.15) is 70.6 Å². The van der Waals surface area contributed by atoms with E-state index in [-0.39, 0.29) is 36.6 Å². The van der Waals surface area contributed by atoms with Gasteiger partial charge in [-0.2, -0.15) is 13.2 Å². The Morgan fingerprint density at radius 2 is 1.55 bits per heavy atom. The summed E-state index contributed by atoms with van der Waals surface area (Å²) < 4.78 is 38.9. The number of nitrogens with one attached hydrogen (secondary N) is 2. The third-order valence-corrected chi connectivity index (χ3v) is 7.53. The monoisotopic (exact) mass is 415 g/mol. The van der Waals surface area contributed by atoms with E-state index in [2.05, 4.69) is 10.6 Å². The molecule has 8 heteroatoms. The lowest BCUT2D eigenvalue weighted by molar-refractivity contribution is -0.171. The molecule has 2 N–H and O–H groups in total. The smallest absolute Gasteiger partial charge is 0.353 e. The van der Waals surface area contributed by atoms with Gasteiger partial charge in [-0.3, -0.25) is 14.5 Å². The average molecular weight is 416 g/mol. The second kappa shape index (κ2) is 7.75. The van der Waals surface area contributed by atoms with E-state index in [1.807, 2.05) is 4.90 Å². The zero-order valence-electron chi connectivity index (χ0n) is 17.0. The zero-order chi connectivity index (χ0) is 20.7. The Bertz CT molecular complexity index is 626. The van der Waals surface area contributed by atoms with Crippen LogP contribution in [0, 0.1) is 11.3 Å². The van der Waals surface area contributed by atoms with Crippen molar-refractivity contribution in [2.24, 2.45) is 11.3 Å². The first-order chi connectivity index (χ1) is 13.7. The van der Waals surface area contributed by atoms with Gasteiger partial charge in [0.15, 0.2) is 0 Å². The van der Waals surface area contributed by atoms with E-state index in [1.54, 1.807) is 0 Å². The number of nitrogens with zero attached hydrogens (tertiary/aromatic N) is 1. The van der Waals surface area contributed by atoms with Crippen molar-refractivity contribution in [3.05, 3.63) is 0 Å². The van der Waals surface area contributed by atoms with Crippen LogP contribution < -0.4 is 10.6 Å². The molecule has 4 rings (SSSR count). The van der Waals surface area contributed by atoms with E-state index in [9.17, 15) is 22.8 Å². The fourth-order valence-electron chi connectivity index (χ4n) is 5.50. The molecule has 0 atom stereocenters. The molecule has 4 aliphatic rings. The lowest BCUT2D eigenvalue weighted by atomic mass is 9.65. The highest BCUT2D eigenvalue weighted by atomic mass is 19.4. The first-order valence-corrected chi connectivity index (χ1v) is 11.1. The number of hydrogen-bond acceptors (Lipinski definition) is 3. The summed E-state index contributed by atoms with van der Waals surface area (Å²) in [6, 6.07) is 0.344. The molecule has 1 aliphatic heterocycles. The summed E-state index contributed by atoms with van der Waals surface area (Å²) in [5, 5.41) is 5.43. The molecule has 1 heterocycles. The van der Waals surface area contributed by atoms with Crippen molar-refractivity contribution in [2.45, 2.75) is 88.4 Å². The van der Waals surface area contributed by atoms with Gasteiger partial charge in [0.2, 0.25) is 11.8 Å². The van der Waals surface area contributed by atoms with Crippen molar-refractivity contribution in [2.75, 3.05) is 19.6 Å². The molecule has 1 spiro atoms. The van der Waals surface area contributed by atoms with E-state index >= 15 is 0 Å². The maximum atomic E-state index is 13.0. The first-order valence-electron chi connectivity index (χ1n) is 11.1. The summed E-state index contributed by atoms with van der Waals surface area (Å²) in [6.07, 6.45) is 5.11. The quantitative estimate of drug-likeness (QED) is 0.725. The number of likely N-dealkylation sites (tertiary alicyclic amines) is 1. The molecular weight excluding hydrogens is 383 g/mol. The second-order valence-corrected chi connectivity index (χ2v) is 9.89. The van der Waals surface area contributed by atoms with Crippen molar-refractivity contribution in [3.8, 4) is 0 Å². The van der Waals surface area contributed by atoms with Crippen molar-refractivity contribution in [1.82, 2.24) is 15.5 Å². The Labute approximate surface area is 170 Å². The molecule has 3 aliphatic carbocycles. The average Bonchev–Trinajstić information content (AvgIpc) is 3.42. The lowest BCUT2D eigenvalue weighted by Crippen LogP contribution is -2.61. The topological polar surface area (TPSA) is 61.4 Å². The van der Waals surface area contributed by atoms with Crippen LogP contribution in [-0.4, -0.2) is 54.1 Å². The predicted molar refractivity (Wildman–Crippen MR) is 102 cm³/mol. The van der Waals surface area contributed by atoms with Crippen molar-refractivity contribution >= 4 is 11.8 Å². The van der Waals surface area contributed by atoms with Crippen LogP contribution >= 0.6 is 0 Å². The Morgan fingerprint density at radius 1 is 0.931 bits per heavy atom. The Kier molecular flexibility index (Phi) is 5.59. The van der Waals surface area contributed by atoms with Gasteiger partial charge in [0.05, 0.1) is 6.54 Å². The highest BCUT2D eigenvalue weighted by molar-refractivity contribution is 5.80. The number of hydrogen-bond donors (Lipinski definition) is 2. The molecule has 0 radical (unpaired) electrons. The highest BCUT2D eigenvalue weighted by Gasteiger charge is 2.64. The summed E-state index contributed by atoms with van der Waals surface area (Å²) in [5.74, 6) is -0.249. The van der Waals surface area contributed by atoms with Crippen LogP contribution in [0.4, 0.5) is 13.2 Å². The van der Waals surface area contributed by atoms with E-state index in [0.717, 1.165) is 51.6 Å². The van der Waals surface area contributed by atoms with Gasteiger partial charge in [-0.25, -0.2) is 0 Å². The van der Waals surface area contributed by atoms with Gasteiger partial charge in [-0.1, -0.05) is 19.3 Å². The number of carbonyl (C=O) groups is 2. The largest absolute Gasteiger partial charge is 0.411 e.